The van der Waals surface area contributed by atoms with Crippen LogP contribution >= 0.6 is 11.8 Å². The molecule has 166 valence electrons. The lowest BCUT2D eigenvalue weighted by atomic mass is 9.87. The van der Waals surface area contributed by atoms with Gasteiger partial charge in [-0.1, -0.05) is 32.9 Å². The number of hydrogen-bond donors (Lipinski definition) is 1. The summed E-state index contributed by atoms with van der Waals surface area (Å²) in [5.41, 5.74) is 3.52. The van der Waals surface area contributed by atoms with Crippen LogP contribution in [0.3, 0.4) is 0 Å². The lowest BCUT2D eigenvalue weighted by Gasteiger charge is -2.19. The summed E-state index contributed by atoms with van der Waals surface area (Å²) < 4.78 is 0. The highest BCUT2D eigenvalue weighted by Crippen LogP contribution is 2.27. The predicted octanol–water partition coefficient (Wildman–Crippen LogP) is 5.30. The lowest BCUT2D eigenvalue weighted by molar-refractivity contribution is -0.116. The molecule has 2 heterocycles. The van der Waals surface area contributed by atoms with Gasteiger partial charge >= 0.3 is 0 Å². The molecule has 2 amide bonds. The molecule has 3 rings (SSSR count). The van der Waals surface area contributed by atoms with Crippen molar-refractivity contribution in [3.05, 3.63) is 77.6 Å². The maximum Gasteiger partial charge on any atom is 0.258 e. The van der Waals surface area contributed by atoms with Gasteiger partial charge in [-0.25, -0.2) is 9.97 Å². The Balaban J connectivity index is 1.71. The van der Waals surface area contributed by atoms with Crippen LogP contribution in [-0.2, 0) is 16.0 Å². The number of thioether (sulfide) groups is 1. The monoisotopic (exact) mass is 448 g/mol. The van der Waals surface area contributed by atoms with E-state index in [2.05, 4.69) is 36.1 Å². The molecule has 0 aliphatic heterocycles. The second-order valence-electron chi connectivity index (χ2n) is 8.53. The van der Waals surface area contributed by atoms with Gasteiger partial charge in [-0.2, -0.15) is 0 Å². The molecule has 7 heteroatoms. The van der Waals surface area contributed by atoms with Crippen LogP contribution in [-0.4, -0.2) is 28.8 Å². The Bertz CT molecular complexity index is 1110. The molecule has 0 saturated heterocycles. The molecule has 0 unspecified atom stereocenters. The molecular weight excluding hydrogens is 420 g/mol. The average molecular weight is 449 g/mol. The third kappa shape index (κ3) is 5.95. The van der Waals surface area contributed by atoms with Gasteiger partial charge in [0.05, 0.1) is 5.56 Å². The van der Waals surface area contributed by atoms with Crippen molar-refractivity contribution in [2.24, 2.45) is 0 Å². The Morgan fingerprint density at radius 3 is 2.41 bits per heavy atom. The fourth-order valence-corrected chi connectivity index (χ4v) is 3.91. The molecule has 0 atom stereocenters. The van der Waals surface area contributed by atoms with Gasteiger partial charge in [0, 0.05) is 37.8 Å². The summed E-state index contributed by atoms with van der Waals surface area (Å²) in [6, 6.07) is 15.2. The maximum absolute atomic E-state index is 12.9. The maximum atomic E-state index is 12.9. The van der Waals surface area contributed by atoms with E-state index in [4.69, 9.17) is 0 Å². The average Bonchev–Trinajstić information content (AvgIpc) is 2.77. The van der Waals surface area contributed by atoms with Crippen LogP contribution in [0.2, 0.25) is 0 Å². The van der Waals surface area contributed by atoms with E-state index >= 15 is 0 Å². The largest absolute Gasteiger partial charge is 0.322 e. The van der Waals surface area contributed by atoms with Crippen molar-refractivity contribution in [2.75, 3.05) is 17.3 Å². The van der Waals surface area contributed by atoms with Crippen molar-refractivity contribution in [3.63, 3.8) is 0 Å². The standard InChI is InChI=1S/C25H28N4O2S/c1-17(30)29(5)22-15-18(12-14-26-22)16-32-24-21(7-6-13-27-24)23(31)28-20-10-8-19(9-11-20)25(2,3)4/h6-15H,16H2,1-5H3,(H,28,31). The van der Waals surface area contributed by atoms with Crippen LogP contribution in [0.25, 0.3) is 0 Å². The van der Waals surface area contributed by atoms with Gasteiger partial charge in [0.2, 0.25) is 5.91 Å². The van der Waals surface area contributed by atoms with Crippen molar-refractivity contribution in [3.8, 4) is 0 Å². The van der Waals surface area contributed by atoms with Gasteiger partial charge in [0.15, 0.2) is 0 Å². The van der Waals surface area contributed by atoms with Gasteiger partial charge in [0.1, 0.15) is 10.8 Å². The Hall–Kier alpha value is -3.19. The minimum absolute atomic E-state index is 0.0573. The summed E-state index contributed by atoms with van der Waals surface area (Å²) in [6.07, 6.45) is 3.36. The molecule has 1 N–H and O–H groups in total. The SMILES string of the molecule is CC(=O)N(C)c1cc(CSc2ncccc2C(=O)Nc2ccc(C(C)(C)C)cc2)ccn1. The number of carbonyl (C=O) groups is 2. The number of benzene rings is 1. The van der Waals surface area contributed by atoms with E-state index in [1.54, 1.807) is 31.6 Å². The summed E-state index contributed by atoms with van der Waals surface area (Å²) in [7, 11) is 1.69. The number of nitrogens with one attached hydrogen (secondary N) is 1. The number of carbonyl (C=O) groups excluding carboxylic acids is 2. The summed E-state index contributed by atoms with van der Waals surface area (Å²) in [5.74, 6) is 0.907. The van der Waals surface area contributed by atoms with Crippen LogP contribution in [0, 0.1) is 0 Å². The van der Waals surface area contributed by atoms with Crippen LogP contribution in [0.1, 0.15) is 49.2 Å². The first-order valence-electron chi connectivity index (χ1n) is 10.3. The van der Waals surface area contributed by atoms with Gasteiger partial charge in [0.25, 0.3) is 5.91 Å². The van der Waals surface area contributed by atoms with Crippen molar-refractivity contribution in [2.45, 2.75) is 43.9 Å². The lowest BCUT2D eigenvalue weighted by Crippen LogP contribution is -2.23. The minimum atomic E-state index is -0.198. The molecule has 0 fully saturated rings. The van der Waals surface area contributed by atoms with Gasteiger partial charge in [-0.05, 0) is 52.9 Å². The number of nitrogens with zero attached hydrogens (tertiary/aromatic N) is 3. The molecule has 3 aromatic rings. The third-order valence-corrected chi connectivity index (χ3v) is 6.10. The van der Waals surface area contributed by atoms with E-state index in [0.29, 0.717) is 22.2 Å². The molecule has 2 aromatic heterocycles. The molecule has 0 saturated carbocycles. The molecule has 0 aliphatic rings. The second-order valence-corrected chi connectivity index (χ2v) is 9.49. The first kappa shape index (κ1) is 23.5. The minimum Gasteiger partial charge on any atom is -0.322 e. The van der Waals surface area contributed by atoms with Crippen LogP contribution in [0.5, 0.6) is 0 Å². The first-order valence-corrected chi connectivity index (χ1v) is 11.3. The van der Waals surface area contributed by atoms with E-state index in [9.17, 15) is 9.59 Å². The Morgan fingerprint density at radius 1 is 1.03 bits per heavy atom. The highest BCUT2D eigenvalue weighted by atomic mass is 32.2. The van der Waals surface area contributed by atoms with Crippen LogP contribution < -0.4 is 10.2 Å². The van der Waals surface area contributed by atoms with Crippen LogP contribution in [0.15, 0.2) is 66.0 Å². The number of hydrogen-bond acceptors (Lipinski definition) is 5. The van der Waals surface area contributed by atoms with E-state index in [0.717, 1.165) is 11.3 Å². The number of pyridine rings is 2. The quantitative estimate of drug-likeness (QED) is 0.518. The highest BCUT2D eigenvalue weighted by Gasteiger charge is 2.16. The Kier molecular flexibility index (Phi) is 7.30. The second kappa shape index (κ2) is 9.96. The fourth-order valence-electron chi connectivity index (χ4n) is 2.98. The smallest absolute Gasteiger partial charge is 0.258 e. The van der Waals surface area contributed by atoms with Gasteiger partial charge in [-0.3, -0.25) is 9.59 Å². The van der Waals surface area contributed by atoms with Gasteiger partial charge in [-0.15, -0.1) is 11.8 Å². The summed E-state index contributed by atoms with van der Waals surface area (Å²) in [4.78, 5) is 34.7. The Morgan fingerprint density at radius 2 is 1.75 bits per heavy atom. The van der Waals surface area contributed by atoms with E-state index < -0.39 is 0 Å². The van der Waals surface area contributed by atoms with E-state index in [-0.39, 0.29) is 17.2 Å². The van der Waals surface area contributed by atoms with Crippen molar-refractivity contribution in [1.82, 2.24) is 9.97 Å². The van der Waals surface area contributed by atoms with Crippen LogP contribution in [0.4, 0.5) is 11.5 Å². The first-order chi connectivity index (χ1) is 15.1. The molecule has 0 radical (unpaired) electrons. The molecule has 6 nitrogen and oxygen atoms in total. The number of aromatic nitrogens is 2. The molecule has 0 aliphatic carbocycles. The highest BCUT2D eigenvalue weighted by molar-refractivity contribution is 7.98. The van der Waals surface area contributed by atoms with Crippen molar-refractivity contribution >= 4 is 35.1 Å². The van der Waals surface area contributed by atoms with Gasteiger partial charge < -0.3 is 10.2 Å². The fraction of sp³-hybridized carbons (Fsp3) is 0.280. The molecule has 0 bridgehead atoms. The zero-order valence-corrected chi connectivity index (χ0v) is 19.9. The normalized spacial score (nSPS) is 11.2. The third-order valence-electron chi connectivity index (χ3n) is 5.03. The zero-order chi connectivity index (χ0) is 23.3. The van der Waals surface area contributed by atoms with Crippen molar-refractivity contribution < 1.29 is 9.59 Å². The number of amides is 2. The zero-order valence-electron chi connectivity index (χ0n) is 19.0. The topological polar surface area (TPSA) is 75.2 Å². The molecule has 1 aromatic carbocycles. The molecule has 32 heavy (non-hydrogen) atoms. The molecular formula is C25H28N4O2S. The molecule has 0 spiro atoms. The summed E-state index contributed by atoms with van der Waals surface area (Å²) >= 11 is 1.47. The predicted molar refractivity (Wildman–Crippen MR) is 130 cm³/mol. The van der Waals surface area contributed by atoms with Crippen molar-refractivity contribution in [1.29, 1.82) is 0 Å². The number of anilines is 2. The Labute approximate surface area is 193 Å². The summed E-state index contributed by atoms with van der Waals surface area (Å²) in [5, 5.41) is 3.61. The number of rotatable bonds is 6. The van der Waals surface area contributed by atoms with E-state index in [1.165, 1.54) is 29.1 Å². The summed E-state index contributed by atoms with van der Waals surface area (Å²) in [6.45, 7) is 7.97. The van der Waals surface area contributed by atoms with E-state index in [1.807, 2.05) is 36.4 Å².